The molecule has 0 radical (unpaired) electrons. The van der Waals surface area contributed by atoms with Crippen LogP contribution in [0.5, 0.6) is 5.75 Å². The van der Waals surface area contributed by atoms with Gasteiger partial charge in [0.15, 0.2) is 5.78 Å². The van der Waals surface area contributed by atoms with Crippen LogP contribution in [-0.4, -0.2) is 53.9 Å². The zero-order valence-electron chi connectivity index (χ0n) is 21.0. The normalized spacial score (nSPS) is 13.3. The lowest BCUT2D eigenvalue weighted by Gasteiger charge is -2.19. The zero-order valence-corrected chi connectivity index (χ0v) is 21.0. The minimum Gasteiger partial charge on any atom is -0.493 e. The number of ether oxygens (including phenoxy) is 2. The Balaban J connectivity index is 1.37. The molecule has 1 saturated heterocycles. The number of rotatable bonds is 9. The van der Waals surface area contributed by atoms with Gasteiger partial charge in [0.25, 0.3) is 5.91 Å². The number of amides is 3. The summed E-state index contributed by atoms with van der Waals surface area (Å²) < 4.78 is 10.8. The van der Waals surface area contributed by atoms with Crippen LogP contribution in [0, 0.1) is 0 Å². The average Bonchev–Trinajstić information content (AvgIpc) is 3.27. The van der Waals surface area contributed by atoms with Crippen molar-refractivity contribution in [2.75, 3.05) is 19.7 Å². The van der Waals surface area contributed by atoms with Crippen LogP contribution in [0.3, 0.4) is 0 Å². The smallest absolute Gasteiger partial charge is 0.407 e. The van der Waals surface area contributed by atoms with Crippen LogP contribution in [0.4, 0.5) is 4.79 Å². The summed E-state index contributed by atoms with van der Waals surface area (Å²) in [6.45, 7) is 6.99. The molecule has 1 heterocycles. The monoisotopic (exact) mass is 495 g/mol. The molecule has 9 nitrogen and oxygen atoms in total. The molecule has 0 saturated carbocycles. The van der Waals surface area contributed by atoms with Gasteiger partial charge in [0.05, 0.1) is 19.6 Å². The number of carbonyl (C=O) groups is 4. The maximum absolute atomic E-state index is 12.5. The van der Waals surface area contributed by atoms with Crippen molar-refractivity contribution < 1.29 is 28.7 Å². The van der Waals surface area contributed by atoms with Crippen LogP contribution in [0.15, 0.2) is 48.5 Å². The fourth-order valence-corrected chi connectivity index (χ4v) is 3.51. The highest BCUT2D eigenvalue weighted by atomic mass is 16.6. The molecule has 0 aromatic heterocycles. The molecule has 3 amide bonds. The fraction of sp³-hybridized carbons (Fsp3) is 0.407. The van der Waals surface area contributed by atoms with Crippen LogP contribution >= 0.6 is 0 Å². The summed E-state index contributed by atoms with van der Waals surface area (Å²) in [5.41, 5.74) is 1.71. The summed E-state index contributed by atoms with van der Waals surface area (Å²) in [5.74, 6) is 0.441. The molecule has 1 fully saturated rings. The Kier molecular flexibility index (Phi) is 9.05. The first-order valence-electron chi connectivity index (χ1n) is 11.9. The molecule has 1 aliphatic heterocycles. The van der Waals surface area contributed by atoms with Gasteiger partial charge in [-0.1, -0.05) is 24.3 Å². The maximum atomic E-state index is 12.5. The molecule has 3 rings (SSSR count). The van der Waals surface area contributed by atoms with E-state index in [9.17, 15) is 19.2 Å². The molecule has 0 atom stereocenters. The highest BCUT2D eigenvalue weighted by Gasteiger charge is 2.23. The van der Waals surface area contributed by atoms with Crippen LogP contribution in [0.1, 0.15) is 55.1 Å². The standard InChI is InChI=1S/C27H33N3O6/c1-27(2,3)36-26(34)29-17-19-4-8-21(9-5-19)25(33)28-16-20-6-10-23(11-7-20)35-15-13-24(32)30-14-12-22(31)18-30/h4-11H,12-18H2,1-3H3,(H,28,33)(H,29,34). The predicted molar refractivity (Wildman–Crippen MR) is 133 cm³/mol. The van der Waals surface area contributed by atoms with Gasteiger partial charge in [0, 0.05) is 31.6 Å². The van der Waals surface area contributed by atoms with Gasteiger partial charge in [-0.05, 0) is 56.2 Å². The zero-order chi connectivity index (χ0) is 26.1. The minimum atomic E-state index is -0.559. The Morgan fingerprint density at radius 2 is 1.53 bits per heavy atom. The predicted octanol–water partition coefficient (Wildman–Crippen LogP) is 3.21. The van der Waals surface area contributed by atoms with E-state index in [4.69, 9.17) is 9.47 Å². The van der Waals surface area contributed by atoms with Crippen molar-refractivity contribution >= 4 is 23.7 Å². The summed E-state index contributed by atoms with van der Waals surface area (Å²) in [5, 5.41) is 5.56. The highest BCUT2D eigenvalue weighted by Crippen LogP contribution is 2.14. The molecular formula is C27H33N3O6. The van der Waals surface area contributed by atoms with Crippen molar-refractivity contribution in [3.05, 3.63) is 65.2 Å². The Morgan fingerprint density at radius 1 is 0.917 bits per heavy atom. The van der Waals surface area contributed by atoms with Crippen LogP contribution in [0.25, 0.3) is 0 Å². The average molecular weight is 496 g/mol. The van der Waals surface area contributed by atoms with Gasteiger partial charge >= 0.3 is 6.09 Å². The van der Waals surface area contributed by atoms with E-state index in [2.05, 4.69) is 10.6 Å². The molecule has 0 bridgehead atoms. The van der Waals surface area contributed by atoms with Gasteiger partial charge in [-0.15, -0.1) is 0 Å². The number of nitrogens with zero attached hydrogens (tertiary/aromatic N) is 1. The number of likely N-dealkylation sites (tertiary alicyclic amines) is 1. The van der Waals surface area contributed by atoms with E-state index in [-0.39, 0.29) is 37.2 Å². The minimum absolute atomic E-state index is 0.0764. The Hall–Kier alpha value is -3.88. The number of Topliss-reactive ketones (excluding diaryl/α,β-unsaturated/α-hetero) is 1. The van der Waals surface area contributed by atoms with Crippen molar-refractivity contribution in [2.45, 2.75) is 52.3 Å². The van der Waals surface area contributed by atoms with Crippen molar-refractivity contribution in [3.8, 4) is 5.75 Å². The first-order chi connectivity index (χ1) is 17.1. The van der Waals surface area contributed by atoms with Gasteiger partial charge in [-0.2, -0.15) is 0 Å². The van der Waals surface area contributed by atoms with Crippen molar-refractivity contribution in [1.82, 2.24) is 15.5 Å². The summed E-state index contributed by atoms with van der Waals surface area (Å²) >= 11 is 0. The van der Waals surface area contributed by atoms with E-state index in [1.807, 2.05) is 12.1 Å². The SMILES string of the molecule is CC(C)(C)OC(=O)NCc1ccc(C(=O)NCc2ccc(OCCC(=O)N3CCC(=O)C3)cc2)cc1. The fourth-order valence-electron chi connectivity index (χ4n) is 3.51. The Labute approximate surface area is 211 Å². The molecule has 1 aliphatic rings. The van der Waals surface area contributed by atoms with Gasteiger partial charge < -0.3 is 25.0 Å². The highest BCUT2D eigenvalue weighted by molar-refractivity contribution is 5.94. The van der Waals surface area contributed by atoms with E-state index in [0.29, 0.717) is 37.4 Å². The molecule has 9 heteroatoms. The molecule has 0 unspecified atom stereocenters. The lowest BCUT2D eigenvalue weighted by Crippen LogP contribution is -2.32. The first-order valence-corrected chi connectivity index (χ1v) is 11.9. The second kappa shape index (κ2) is 12.2. The largest absolute Gasteiger partial charge is 0.493 e. The van der Waals surface area contributed by atoms with Crippen molar-refractivity contribution in [3.63, 3.8) is 0 Å². The number of nitrogens with one attached hydrogen (secondary N) is 2. The third kappa shape index (κ3) is 8.72. The van der Waals surface area contributed by atoms with Crippen LogP contribution in [0.2, 0.25) is 0 Å². The molecule has 192 valence electrons. The van der Waals surface area contributed by atoms with Gasteiger partial charge in [-0.25, -0.2) is 4.79 Å². The van der Waals surface area contributed by atoms with Crippen LogP contribution in [-0.2, 0) is 27.4 Å². The number of benzene rings is 2. The molecular weight excluding hydrogens is 462 g/mol. The lowest BCUT2D eigenvalue weighted by atomic mass is 10.1. The number of ketones is 1. The second-order valence-corrected chi connectivity index (χ2v) is 9.58. The van der Waals surface area contributed by atoms with E-state index < -0.39 is 11.7 Å². The third-order valence-electron chi connectivity index (χ3n) is 5.39. The molecule has 2 aromatic carbocycles. The third-order valence-corrected chi connectivity index (χ3v) is 5.39. The Bertz CT molecular complexity index is 1070. The lowest BCUT2D eigenvalue weighted by molar-refractivity contribution is -0.132. The molecule has 0 aliphatic carbocycles. The van der Waals surface area contributed by atoms with Crippen LogP contribution < -0.4 is 15.4 Å². The second-order valence-electron chi connectivity index (χ2n) is 9.58. The molecule has 2 N–H and O–H groups in total. The number of carbonyl (C=O) groups excluding carboxylic acids is 4. The van der Waals surface area contributed by atoms with E-state index in [0.717, 1.165) is 11.1 Å². The van der Waals surface area contributed by atoms with Gasteiger partial charge in [0.2, 0.25) is 5.91 Å². The van der Waals surface area contributed by atoms with E-state index >= 15 is 0 Å². The quantitative estimate of drug-likeness (QED) is 0.552. The van der Waals surface area contributed by atoms with Gasteiger partial charge in [-0.3, -0.25) is 14.4 Å². The summed E-state index contributed by atoms with van der Waals surface area (Å²) in [7, 11) is 0. The number of hydrogen-bond donors (Lipinski definition) is 2. The summed E-state index contributed by atoms with van der Waals surface area (Å²) in [4.78, 5) is 49.1. The number of hydrogen-bond acceptors (Lipinski definition) is 6. The molecule has 36 heavy (non-hydrogen) atoms. The summed E-state index contributed by atoms with van der Waals surface area (Å²) in [6.07, 6.45) is 0.165. The van der Waals surface area contributed by atoms with E-state index in [1.54, 1.807) is 62.1 Å². The maximum Gasteiger partial charge on any atom is 0.407 e. The number of alkyl carbamates (subject to hydrolysis) is 1. The molecule has 2 aromatic rings. The topological polar surface area (TPSA) is 114 Å². The van der Waals surface area contributed by atoms with Crippen molar-refractivity contribution in [1.29, 1.82) is 0 Å². The Morgan fingerprint density at radius 3 is 2.11 bits per heavy atom. The molecule has 0 spiro atoms. The summed E-state index contributed by atoms with van der Waals surface area (Å²) in [6, 6.07) is 14.3. The van der Waals surface area contributed by atoms with Gasteiger partial charge in [0.1, 0.15) is 11.4 Å². The van der Waals surface area contributed by atoms with E-state index in [1.165, 1.54) is 0 Å². The van der Waals surface area contributed by atoms with Crippen molar-refractivity contribution in [2.24, 2.45) is 0 Å². The first kappa shape index (κ1) is 26.7.